The minimum Gasteiger partial charge on any atom is -0.456 e. The number of benzene rings is 2. The van der Waals surface area contributed by atoms with Crippen LogP contribution in [-0.2, 0) is 27.2 Å². The number of fused-ring (bicyclic) bond motifs is 1. The second-order valence-corrected chi connectivity index (χ2v) is 6.34. The molecule has 134 valence electrons. The number of ketones is 1. The first-order chi connectivity index (χ1) is 12.6. The van der Waals surface area contributed by atoms with Gasteiger partial charge in [-0.05, 0) is 48.6 Å². The van der Waals surface area contributed by atoms with E-state index in [-0.39, 0.29) is 25.2 Å². The van der Waals surface area contributed by atoms with Crippen LogP contribution in [0.25, 0.3) is 0 Å². The summed E-state index contributed by atoms with van der Waals surface area (Å²) < 4.78 is 4.93. The predicted octanol–water partition coefficient (Wildman–Crippen LogP) is 3.32. The number of hydrogen-bond donors (Lipinski definition) is 1. The first-order valence-corrected chi connectivity index (χ1v) is 8.77. The van der Waals surface area contributed by atoms with Crippen molar-refractivity contribution in [1.82, 2.24) is 0 Å². The summed E-state index contributed by atoms with van der Waals surface area (Å²) in [7, 11) is 0. The molecule has 0 aliphatic heterocycles. The first kappa shape index (κ1) is 17.9. The Morgan fingerprint density at radius 3 is 2.50 bits per heavy atom. The summed E-state index contributed by atoms with van der Waals surface area (Å²) in [5.74, 6) is -1.04. The van der Waals surface area contributed by atoms with E-state index < -0.39 is 11.9 Å². The fraction of sp³-hybridized carbons (Fsp3) is 0.286. The number of ether oxygens (including phenoxy) is 1. The fourth-order valence-corrected chi connectivity index (χ4v) is 3.04. The number of carbonyl (C=O) groups is 3. The molecule has 0 heterocycles. The number of amides is 1. The minimum absolute atomic E-state index is 0.0332. The minimum atomic E-state index is -0.553. The van der Waals surface area contributed by atoms with Gasteiger partial charge in [-0.1, -0.05) is 30.3 Å². The summed E-state index contributed by atoms with van der Waals surface area (Å²) in [4.78, 5) is 35.7. The second-order valence-electron chi connectivity index (χ2n) is 6.34. The third kappa shape index (κ3) is 4.79. The number of hydrogen-bond acceptors (Lipinski definition) is 4. The van der Waals surface area contributed by atoms with Gasteiger partial charge in [-0.25, -0.2) is 0 Å². The predicted molar refractivity (Wildman–Crippen MR) is 98.1 cm³/mol. The zero-order valence-corrected chi connectivity index (χ0v) is 14.5. The molecule has 0 unspecified atom stereocenters. The van der Waals surface area contributed by atoms with E-state index in [4.69, 9.17) is 4.74 Å². The Morgan fingerprint density at radius 2 is 1.69 bits per heavy atom. The molecule has 1 aliphatic rings. The monoisotopic (exact) mass is 351 g/mol. The van der Waals surface area contributed by atoms with Gasteiger partial charge in [0.1, 0.15) is 0 Å². The third-order valence-corrected chi connectivity index (χ3v) is 4.40. The van der Waals surface area contributed by atoms with Gasteiger partial charge in [0.2, 0.25) is 0 Å². The van der Waals surface area contributed by atoms with Crippen molar-refractivity contribution >= 4 is 23.3 Å². The molecule has 1 N–H and O–H groups in total. The Kier molecular flexibility index (Phi) is 5.79. The molecule has 0 bridgehead atoms. The van der Waals surface area contributed by atoms with Gasteiger partial charge in [0.05, 0.1) is 6.42 Å². The molecule has 0 saturated carbocycles. The van der Waals surface area contributed by atoms with Crippen LogP contribution in [0.1, 0.15) is 40.7 Å². The molecule has 5 nitrogen and oxygen atoms in total. The lowest BCUT2D eigenvalue weighted by Gasteiger charge is -2.07. The highest BCUT2D eigenvalue weighted by Gasteiger charge is 2.15. The molecule has 2 aromatic carbocycles. The van der Waals surface area contributed by atoms with E-state index in [2.05, 4.69) is 5.32 Å². The lowest BCUT2D eigenvalue weighted by atomic mass is 10.0. The Bertz CT molecular complexity index is 814. The van der Waals surface area contributed by atoms with Crippen LogP contribution in [0.15, 0.2) is 48.5 Å². The first-order valence-electron chi connectivity index (χ1n) is 8.77. The average molecular weight is 351 g/mol. The van der Waals surface area contributed by atoms with E-state index in [1.807, 2.05) is 24.3 Å². The van der Waals surface area contributed by atoms with E-state index in [0.29, 0.717) is 11.3 Å². The standard InChI is InChI=1S/C21H21NO4/c23-19(17-10-9-15-5-4-6-16(15)13-17)11-12-21(25)26-14-20(24)22-18-7-2-1-3-8-18/h1-3,7-10,13H,4-6,11-12,14H2,(H,22,24). The average Bonchev–Trinajstić information content (AvgIpc) is 3.13. The topological polar surface area (TPSA) is 72.5 Å². The van der Waals surface area contributed by atoms with Gasteiger partial charge in [0, 0.05) is 17.7 Å². The Balaban J connectivity index is 1.41. The van der Waals surface area contributed by atoms with E-state index in [1.54, 1.807) is 24.3 Å². The molecule has 0 saturated heterocycles. The second kappa shape index (κ2) is 8.43. The van der Waals surface area contributed by atoms with Gasteiger partial charge in [-0.15, -0.1) is 0 Å². The molecule has 26 heavy (non-hydrogen) atoms. The van der Waals surface area contributed by atoms with Crippen molar-refractivity contribution in [3.8, 4) is 0 Å². The molecular formula is C21H21NO4. The number of anilines is 1. The van der Waals surface area contributed by atoms with Crippen molar-refractivity contribution in [3.63, 3.8) is 0 Å². The van der Waals surface area contributed by atoms with Crippen LogP contribution >= 0.6 is 0 Å². The molecular weight excluding hydrogens is 330 g/mol. The number of rotatable bonds is 7. The summed E-state index contributed by atoms with van der Waals surface area (Å²) in [6, 6.07) is 14.7. The Hall–Kier alpha value is -2.95. The molecule has 2 aromatic rings. The maximum atomic E-state index is 12.2. The SMILES string of the molecule is O=C(COC(=O)CCC(=O)c1ccc2c(c1)CCC2)Nc1ccccc1. The van der Waals surface area contributed by atoms with Crippen molar-refractivity contribution in [1.29, 1.82) is 0 Å². The number of nitrogens with one attached hydrogen (secondary N) is 1. The molecule has 1 aliphatic carbocycles. The van der Waals surface area contributed by atoms with Crippen LogP contribution in [0.4, 0.5) is 5.69 Å². The van der Waals surface area contributed by atoms with Crippen LogP contribution < -0.4 is 5.32 Å². The van der Waals surface area contributed by atoms with Crippen LogP contribution in [0.2, 0.25) is 0 Å². The molecule has 0 radical (unpaired) electrons. The molecule has 0 spiro atoms. The lowest BCUT2D eigenvalue weighted by molar-refractivity contribution is -0.147. The van der Waals surface area contributed by atoms with E-state index in [9.17, 15) is 14.4 Å². The van der Waals surface area contributed by atoms with Gasteiger partial charge < -0.3 is 10.1 Å². The molecule has 0 fully saturated rings. The van der Waals surface area contributed by atoms with Gasteiger partial charge in [0.15, 0.2) is 12.4 Å². The van der Waals surface area contributed by atoms with Crippen molar-refractivity contribution < 1.29 is 19.1 Å². The van der Waals surface area contributed by atoms with Crippen molar-refractivity contribution in [3.05, 3.63) is 65.2 Å². The summed E-state index contributed by atoms with van der Waals surface area (Å²) in [6.07, 6.45) is 3.26. The largest absolute Gasteiger partial charge is 0.456 e. The van der Waals surface area contributed by atoms with Gasteiger partial charge in [-0.3, -0.25) is 14.4 Å². The van der Waals surface area contributed by atoms with Crippen LogP contribution in [0.5, 0.6) is 0 Å². The van der Waals surface area contributed by atoms with E-state index in [0.717, 1.165) is 19.3 Å². The summed E-state index contributed by atoms with van der Waals surface area (Å²) in [5.41, 5.74) is 3.82. The molecule has 5 heteroatoms. The summed E-state index contributed by atoms with van der Waals surface area (Å²) in [5, 5.41) is 2.63. The quantitative estimate of drug-likeness (QED) is 0.613. The number of aryl methyl sites for hydroxylation is 2. The van der Waals surface area contributed by atoms with Gasteiger partial charge in [-0.2, -0.15) is 0 Å². The molecule has 1 amide bonds. The highest BCUT2D eigenvalue weighted by atomic mass is 16.5. The molecule has 0 atom stereocenters. The van der Waals surface area contributed by atoms with Gasteiger partial charge in [0.25, 0.3) is 5.91 Å². The Labute approximate surface area is 152 Å². The normalized spacial score (nSPS) is 12.3. The highest BCUT2D eigenvalue weighted by molar-refractivity contribution is 5.98. The lowest BCUT2D eigenvalue weighted by Crippen LogP contribution is -2.21. The Morgan fingerprint density at radius 1 is 0.923 bits per heavy atom. The summed E-state index contributed by atoms with van der Waals surface area (Å²) in [6.45, 7) is -0.360. The smallest absolute Gasteiger partial charge is 0.306 e. The molecule has 3 rings (SSSR count). The van der Waals surface area contributed by atoms with Gasteiger partial charge >= 0.3 is 5.97 Å². The van der Waals surface area contributed by atoms with Crippen molar-refractivity contribution in [2.24, 2.45) is 0 Å². The maximum absolute atomic E-state index is 12.2. The van der Waals surface area contributed by atoms with Crippen molar-refractivity contribution in [2.45, 2.75) is 32.1 Å². The maximum Gasteiger partial charge on any atom is 0.306 e. The highest BCUT2D eigenvalue weighted by Crippen LogP contribution is 2.23. The van der Waals surface area contributed by atoms with Crippen LogP contribution in [0, 0.1) is 0 Å². The number of para-hydroxylation sites is 1. The third-order valence-electron chi connectivity index (χ3n) is 4.40. The van der Waals surface area contributed by atoms with Crippen LogP contribution in [-0.4, -0.2) is 24.3 Å². The number of Topliss-reactive ketones (excluding diaryl/α,β-unsaturated/α-hetero) is 1. The fourth-order valence-electron chi connectivity index (χ4n) is 3.04. The zero-order chi connectivity index (χ0) is 18.4. The number of carbonyl (C=O) groups excluding carboxylic acids is 3. The number of esters is 1. The van der Waals surface area contributed by atoms with Crippen molar-refractivity contribution in [2.75, 3.05) is 11.9 Å². The van der Waals surface area contributed by atoms with E-state index >= 15 is 0 Å². The van der Waals surface area contributed by atoms with E-state index in [1.165, 1.54) is 11.1 Å². The zero-order valence-electron chi connectivity index (χ0n) is 14.5. The molecule has 0 aromatic heterocycles. The summed E-state index contributed by atoms with van der Waals surface area (Å²) >= 11 is 0. The van der Waals surface area contributed by atoms with Crippen LogP contribution in [0.3, 0.4) is 0 Å².